The Balaban J connectivity index is 2.12. The molecule has 0 aliphatic carbocycles. The summed E-state index contributed by atoms with van der Waals surface area (Å²) in [5, 5.41) is 0.664. The van der Waals surface area contributed by atoms with Gasteiger partial charge in [0.2, 0.25) is 5.78 Å². The van der Waals surface area contributed by atoms with Crippen molar-refractivity contribution >= 4 is 16.8 Å². The number of aromatic nitrogens is 1. The van der Waals surface area contributed by atoms with E-state index in [1.54, 1.807) is 13.0 Å². The van der Waals surface area contributed by atoms with E-state index in [1.807, 2.05) is 0 Å². The Bertz CT molecular complexity index is 807. The van der Waals surface area contributed by atoms with Crippen LogP contribution in [-0.2, 0) is 0 Å². The van der Waals surface area contributed by atoms with Gasteiger partial charge in [-0.25, -0.2) is 13.8 Å². The minimum absolute atomic E-state index is 0.0778. The fourth-order valence-electron chi connectivity index (χ4n) is 2.04. The highest BCUT2D eigenvalue weighted by molar-refractivity contribution is 6.09. The van der Waals surface area contributed by atoms with E-state index >= 15 is 0 Å². The number of pyridine rings is 1. The molecule has 3 nitrogen and oxygen atoms in total. The predicted molar refractivity (Wildman–Crippen MR) is 68.5 cm³/mol. The third kappa shape index (κ3) is 1.97. The van der Waals surface area contributed by atoms with Gasteiger partial charge in [-0.3, -0.25) is 4.79 Å². The second-order valence-corrected chi connectivity index (χ2v) is 4.39. The lowest BCUT2D eigenvalue weighted by molar-refractivity contribution is 0.101. The Hall–Kier alpha value is -2.56. The lowest BCUT2D eigenvalue weighted by atomic mass is 10.1. The number of benzene rings is 1. The number of ketones is 1. The monoisotopic (exact) mass is 273 g/mol. The van der Waals surface area contributed by atoms with Gasteiger partial charge in [-0.15, -0.1) is 0 Å². The number of aryl methyl sites for hydroxylation is 1. The van der Waals surface area contributed by atoms with Crippen LogP contribution in [0.1, 0.15) is 21.8 Å². The van der Waals surface area contributed by atoms with E-state index in [0.29, 0.717) is 16.5 Å². The first-order chi connectivity index (χ1) is 9.56. The third-order valence-electron chi connectivity index (χ3n) is 3.07. The molecule has 0 aliphatic rings. The minimum atomic E-state index is -0.523. The van der Waals surface area contributed by atoms with Crippen LogP contribution < -0.4 is 0 Å². The highest BCUT2D eigenvalue weighted by Gasteiger charge is 2.20. The van der Waals surface area contributed by atoms with Crippen LogP contribution in [0, 0.1) is 18.6 Å². The summed E-state index contributed by atoms with van der Waals surface area (Å²) in [6.07, 6.45) is 0.963. The smallest absolute Gasteiger partial charge is 0.246 e. The Morgan fingerprint density at radius 2 is 1.90 bits per heavy atom. The Morgan fingerprint density at radius 1 is 1.15 bits per heavy atom. The van der Waals surface area contributed by atoms with E-state index in [-0.39, 0.29) is 11.5 Å². The number of nitrogens with zero attached hydrogens (tertiary/aromatic N) is 1. The van der Waals surface area contributed by atoms with Gasteiger partial charge in [0.15, 0.2) is 5.76 Å². The van der Waals surface area contributed by atoms with Gasteiger partial charge in [0.25, 0.3) is 0 Å². The summed E-state index contributed by atoms with van der Waals surface area (Å²) in [5.74, 6) is -1.33. The summed E-state index contributed by atoms with van der Waals surface area (Å²) in [7, 11) is 0. The third-order valence-corrected chi connectivity index (χ3v) is 3.07. The number of hydrogen-bond donors (Lipinski definition) is 0. The first kappa shape index (κ1) is 12.5. The van der Waals surface area contributed by atoms with E-state index in [1.165, 1.54) is 18.2 Å². The normalized spacial score (nSPS) is 10.9. The van der Waals surface area contributed by atoms with Crippen molar-refractivity contribution in [3.63, 3.8) is 0 Å². The van der Waals surface area contributed by atoms with E-state index in [4.69, 9.17) is 4.42 Å². The van der Waals surface area contributed by atoms with Crippen molar-refractivity contribution in [3.8, 4) is 0 Å². The van der Waals surface area contributed by atoms with Gasteiger partial charge in [-0.2, -0.15) is 0 Å². The van der Waals surface area contributed by atoms with Crippen LogP contribution in [0.25, 0.3) is 11.0 Å². The summed E-state index contributed by atoms with van der Waals surface area (Å²) >= 11 is 0. The van der Waals surface area contributed by atoms with Crippen molar-refractivity contribution in [1.29, 1.82) is 0 Å². The Kier molecular flexibility index (Phi) is 2.82. The Labute approximate surface area is 112 Å². The Morgan fingerprint density at radius 3 is 2.60 bits per heavy atom. The zero-order chi connectivity index (χ0) is 14.3. The average molecular weight is 273 g/mol. The van der Waals surface area contributed by atoms with Crippen molar-refractivity contribution in [2.75, 3.05) is 0 Å². The maximum absolute atomic E-state index is 13.1. The van der Waals surface area contributed by atoms with E-state index < -0.39 is 17.4 Å². The summed E-state index contributed by atoms with van der Waals surface area (Å²) < 4.78 is 31.4. The van der Waals surface area contributed by atoms with Gasteiger partial charge in [-0.05, 0) is 31.2 Å². The molecule has 0 unspecified atom stereocenters. The van der Waals surface area contributed by atoms with Crippen LogP contribution in [0.5, 0.6) is 0 Å². The SMILES string of the molecule is Cc1c(C(=O)c2ccc(F)cn2)oc2cc(F)ccc12. The number of hydrogen-bond acceptors (Lipinski definition) is 3. The van der Waals surface area contributed by atoms with Crippen molar-refractivity contribution in [1.82, 2.24) is 4.98 Å². The number of fused-ring (bicyclic) bond motifs is 1. The van der Waals surface area contributed by atoms with Crippen LogP contribution in [0.4, 0.5) is 8.78 Å². The fourth-order valence-corrected chi connectivity index (χ4v) is 2.04. The predicted octanol–water partition coefficient (Wildman–Crippen LogP) is 3.65. The zero-order valence-electron chi connectivity index (χ0n) is 10.5. The summed E-state index contributed by atoms with van der Waals surface area (Å²) in [5.41, 5.74) is 0.984. The van der Waals surface area contributed by atoms with E-state index in [2.05, 4.69) is 4.98 Å². The molecular weight excluding hydrogens is 264 g/mol. The molecule has 20 heavy (non-hydrogen) atoms. The molecule has 1 aromatic carbocycles. The molecule has 5 heteroatoms. The van der Waals surface area contributed by atoms with Crippen molar-refractivity contribution in [3.05, 3.63) is 65.2 Å². The molecule has 2 heterocycles. The van der Waals surface area contributed by atoms with E-state index in [9.17, 15) is 13.6 Å². The zero-order valence-corrected chi connectivity index (χ0v) is 10.5. The topological polar surface area (TPSA) is 43.1 Å². The molecule has 0 fully saturated rings. The molecule has 0 bridgehead atoms. The number of rotatable bonds is 2. The molecule has 0 N–H and O–H groups in total. The molecule has 0 saturated carbocycles. The number of furan rings is 1. The average Bonchev–Trinajstić information content (AvgIpc) is 2.75. The van der Waals surface area contributed by atoms with Gasteiger partial charge in [0, 0.05) is 17.0 Å². The molecular formula is C15H9F2NO2. The molecule has 0 radical (unpaired) electrons. The maximum Gasteiger partial charge on any atom is 0.246 e. The largest absolute Gasteiger partial charge is 0.452 e. The van der Waals surface area contributed by atoms with Crippen molar-refractivity contribution in [2.45, 2.75) is 6.92 Å². The second kappa shape index (κ2) is 4.52. The summed E-state index contributed by atoms with van der Waals surface area (Å²) in [6, 6.07) is 6.51. The molecule has 3 aromatic rings. The molecule has 0 atom stereocenters. The van der Waals surface area contributed by atoms with Crippen molar-refractivity contribution in [2.24, 2.45) is 0 Å². The molecule has 0 saturated heterocycles. The van der Waals surface area contributed by atoms with Crippen LogP contribution in [0.3, 0.4) is 0 Å². The summed E-state index contributed by atoms with van der Waals surface area (Å²) in [4.78, 5) is 16.0. The molecule has 0 amide bonds. The number of carbonyl (C=O) groups is 1. The van der Waals surface area contributed by atoms with Crippen LogP contribution in [-0.4, -0.2) is 10.8 Å². The van der Waals surface area contributed by atoms with Crippen LogP contribution >= 0.6 is 0 Å². The quantitative estimate of drug-likeness (QED) is 0.669. The van der Waals surface area contributed by atoms with Gasteiger partial charge >= 0.3 is 0 Å². The van der Waals surface area contributed by atoms with Gasteiger partial charge in [0.1, 0.15) is 22.9 Å². The van der Waals surface area contributed by atoms with Gasteiger partial charge < -0.3 is 4.42 Å². The standard InChI is InChI=1S/C15H9F2NO2/c1-8-11-4-2-9(16)6-13(11)20-15(8)14(19)12-5-3-10(17)7-18-12/h2-7H,1H3. The maximum atomic E-state index is 13.1. The molecule has 3 rings (SSSR count). The number of halogens is 2. The van der Waals surface area contributed by atoms with Gasteiger partial charge in [-0.1, -0.05) is 0 Å². The molecule has 100 valence electrons. The fraction of sp³-hybridized carbons (Fsp3) is 0.0667. The van der Waals surface area contributed by atoms with Crippen molar-refractivity contribution < 1.29 is 18.0 Å². The highest BCUT2D eigenvalue weighted by atomic mass is 19.1. The lowest BCUT2D eigenvalue weighted by Gasteiger charge is -1.97. The summed E-state index contributed by atoms with van der Waals surface area (Å²) in [6.45, 7) is 1.71. The van der Waals surface area contributed by atoms with Gasteiger partial charge in [0.05, 0.1) is 6.20 Å². The lowest BCUT2D eigenvalue weighted by Crippen LogP contribution is -2.04. The highest BCUT2D eigenvalue weighted by Crippen LogP contribution is 2.27. The molecule has 0 aliphatic heterocycles. The van der Waals surface area contributed by atoms with E-state index in [0.717, 1.165) is 12.3 Å². The number of carbonyl (C=O) groups excluding carboxylic acids is 1. The minimum Gasteiger partial charge on any atom is -0.452 e. The second-order valence-electron chi connectivity index (χ2n) is 4.39. The van der Waals surface area contributed by atoms with Crippen LogP contribution in [0.15, 0.2) is 40.9 Å². The first-order valence-corrected chi connectivity index (χ1v) is 5.91. The van der Waals surface area contributed by atoms with Crippen LogP contribution in [0.2, 0.25) is 0 Å². The molecule has 2 aromatic heterocycles. The first-order valence-electron chi connectivity index (χ1n) is 5.91. The molecule has 0 spiro atoms.